The molecular weight excluding hydrogens is 568 g/mol. The molecule has 0 spiro atoms. The van der Waals surface area contributed by atoms with Crippen LogP contribution in [-0.2, 0) is 17.7 Å². The van der Waals surface area contributed by atoms with Crippen LogP contribution in [0.5, 0.6) is 0 Å². The zero-order valence-corrected chi connectivity index (χ0v) is 25.8. The fourth-order valence-corrected chi connectivity index (χ4v) is 6.27. The lowest BCUT2D eigenvalue weighted by Crippen LogP contribution is -2.43. The second-order valence-electron chi connectivity index (χ2n) is 11.8. The van der Waals surface area contributed by atoms with E-state index in [2.05, 4.69) is 77.9 Å². The molecule has 13 nitrogen and oxygen atoms in total. The Bertz CT molecular complexity index is 1690. The van der Waals surface area contributed by atoms with Gasteiger partial charge in [-0.15, -0.1) is 0 Å². The summed E-state index contributed by atoms with van der Waals surface area (Å²) in [5, 5.41) is 0. The normalized spacial score (nSPS) is 17.4. The smallest absolute Gasteiger partial charge is 0.228 e. The molecule has 45 heavy (non-hydrogen) atoms. The number of hydrogen-bond donors (Lipinski definition) is 0. The molecule has 0 radical (unpaired) electrons. The van der Waals surface area contributed by atoms with Gasteiger partial charge in [-0.2, -0.15) is 4.98 Å². The van der Waals surface area contributed by atoms with Crippen LogP contribution in [0.25, 0.3) is 22.1 Å². The number of benzene rings is 1. The Morgan fingerprint density at radius 2 is 1.40 bits per heavy atom. The van der Waals surface area contributed by atoms with Gasteiger partial charge in [0.2, 0.25) is 5.95 Å². The number of ether oxygens (including phenoxy) is 1. The Morgan fingerprint density at radius 3 is 2.11 bits per heavy atom. The molecule has 3 aliphatic rings. The summed E-state index contributed by atoms with van der Waals surface area (Å²) in [6, 6.07) is 9.31. The zero-order chi connectivity index (χ0) is 30.6. The van der Waals surface area contributed by atoms with E-state index in [0.717, 1.165) is 98.2 Å². The Balaban J connectivity index is 0.000000275. The summed E-state index contributed by atoms with van der Waals surface area (Å²) >= 11 is 0. The monoisotopic (exact) mass is 606 g/mol. The minimum Gasteiger partial charge on any atom is -0.378 e. The average Bonchev–Trinajstić information content (AvgIpc) is 3.11. The van der Waals surface area contributed by atoms with Crippen molar-refractivity contribution in [3.05, 3.63) is 66.8 Å². The Morgan fingerprint density at radius 1 is 0.689 bits per heavy atom. The topological polar surface area (TPSA) is 125 Å². The van der Waals surface area contributed by atoms with Gasteiger partial charge in [0.25, 0.3) is 0 Å². The molecule has 7 heterocycles. The highest BCUT2D eigenvalue weighted by Gasteiger charge is 2.28. The van der Waals surface area contributed by atoms with Crippen LogP contribution < -0.4 is 14.7 Å². The van der Waals surface area contributed by atoms with Gasteiger partial charge in [0, 0.05) is 45.3 Å². The van der Waals surface area contributed by atoms with Crippen LogP contribution in [0.4, 0.5) is 17.6 Å². The summed E-state index contributed by atoms with van der Waals surface area (Å²) in [7, 11) is 4.34. The molecule has 0 atom stereocenters. The summed E-state index contributed by atoms with van der Waals surface area (Å²) < 4.78 is 5.63. The van der Waals surface area contributed by atoms with Crippen LogP contribution in [0.15, 0.2) is 55.6 Å². The van der Waals surface area contributed by atoms with Crippen LogP contribution in [0.1, 0.15) is 24.0 Å². The van der Waals surface area contributed by atoms with Crippen molar-refractivity contribution in [1.82, 2.24) is 44.8 Å². The highest BCUT2D eigenvalue weighted by molar-refractivity contribution is 5.94. The molecule has 0 aliphatic carbocycles. The molecule has 0 unspecified atom stereocenters. The van der Waals surface area contributed by atoms with E-state index in [9.17, 15) is 0 Å². The number of aromatic nitrogens is 8. The summed E-state index contributed by atoms with van der Waals surface area (Å²) in [6.45, 7) is 6.70. The first-order valence-corrected chi connectivity index (χ1v) is 15.6. The second kappa shape index (κ2) is 13.2. The first-order chi connectivity index (χ1) is 22.1. The number of morpholine rings is 1. The van der Waals surface area contributed by atoms with Crippen LogP contribution in [0, 0.1) is 0 Å². The van der Waals surface area contributed by atoms with E-state index in [1.54, 1.807) is 18.7 Å². The molecule has 3 aliphatic heterocycles. The molecule has 4 aromatic heterocycles. The molecule has 2 saturated heterocycles. The van der Waals surface area contributed by atoms with E-state index in [1.807, 2.05) is 0 Å². The third-order valence-electron chi connectivity index (χ3n) is 8.83. The molecule has 5 aromatic rings. The van der Waals surface area contributed by atoms with Gasteiger partial charge in [0.1, 0.15) is 41.0 Å². The highest BCUT2D eigenvalue weighted by Crippen LogP contribution is 2.33. The number of piperidine rings is 1. The van der Waals surface area contributed by atoms with Crippen molar-refractivity contribution >= 4 is 39.7 Å². The van der Waals surface area contributed by atoms with E-state index in [-0.39, 0.29) is 0 Å². The van der Waals surface area contributed by atoms with Crippen molar-refractivity contribution < 1.29 is 4.74 Å². The van der Waals surface area contributed by atoms with Gasteiger partial charge in [-0.25, -0.2) is 34.9 Å². The number of nitrogens with zero attached hydrogens (tertiary/aromatic N) is 12. The van der Waals surface area contributed by atoms with Crippen LogP contribution in [-0.4, -0.2) is 111 Å². The van der Waals surface area contributed by atoms with Crippen molar-refractivity contribution in [2.45, 2.75) is 31.8 Å². The van der Waals surface area contributed by atoms with Crippen LogP contribution in [0.2, 0.25) is 0 Å². The Labute approximate surface area is 262 Å². The average molecular weight is 607 g/mol. The third kappa shape index (κ3) is 6.31. The van der Waals surface area contributed by atoms with Gasteiger partial charge in [-0.3, -0.25) is 0 Å². The fourth-order valence-electron chi connectivity index (χ4n) is 6.27. The number of hydrogen-bond acceptors (Lipinski definition) is 13. The maximum absolute atomic E-state index is 5.63. The summed E-state index contributed by atoms with van der Waals surface area (Å²) in [6.07, 6.45) is 11.2. The van der Waals surface area contributed by atoms with Gasteiger partial charge in [-0.05, 0) is 44.5 Å². The van der Waals surface area contributed by atoms with Crippen molar-refractivity contribution in [3.63, 3.8) is 0 Å². The van der Waals surface area contributed by atoms with Crippen molar-refractivity contribution in [3.8, 4) is 0 Å². The molecule has 0 amide bonds. The van der Waals surface area contributed by atoms with Crippen molar-refractivity contribution in [2.75, 3.05) is 74.7 Å². The molecule has 232 valence electrons. The quantitative estimate of drug-likeness (QED) is 0.298. The predicted molar refractivity (Wildman–Crippen MR) is 173 cm³/mol. The minimum atomic E-state index is 0.609. The molecule has 13 heteroatoms. The number of fused-ring (bicyclic) bond motifs is 3. The Hall–Kier alpha value is -4.62. The molecule has 2 fully saturated rings. The molecule has 1 aromatic carbocycles. The first kappa shape index (κ1) is 29.1. The van der Waals surface area contributed by atoms with E-state index in [0.29, 0.717) is 19.3 Å². The zero-order valence-electron chi connectivity index (χ0n) is 25.8. The Kier molecular flexibility index (Phi) is 8.52. The molecule has 0 bridgehead atoms. The first-order valence-electron chi connectivity index (χ1n) is 15.6. The largest absolute Gasteiger partial charge is 0.378 e. The SMILES string of the molecule is CN(C)C1CCN(c2nc(N3CCOCC3)c3ncnc(N4CCc5ccccc5C4)c3n2)CC1.c1ncc2ncncc2n1. The van der Waals surface area contributed by atoms with Gasteiger partial charge in [0.05, 0.1) is 25.6 Å². The van der Waals surface area contributed by atoms with Gasteiger partial charge >= 0.3 is 0 Å². The lowest BCUT2D eigenvalue weighted by molar-refractivity contribution is 0.122. The van der Waals surface area contributed by atoms with Gasteiger partial charge in [0.15, 0.2) is 11.6 Å². The van der Waals surface area contributed by atoms with Gasteiger partial charge < -0.3 is 24.3 Å². The van der Waals surface area contributed by atoms with E-state index in [1.165, 1.54) is 23.8 Å². The number of rotatable bonds is 4. The van der Waals surface area contributed by atoms with Gasteiger partial charge in [-0.1, -0.05) is 24.3 Å². The lowest BCUT2D eigenvalue weighted by atomic mass is 10.00. The summed E-state index contributed by atoms with van der Waals surface area (Å²) in [4.78, 5) is 44.5. The van der Waals surface area contributed by atoms with Crippen molar-refractivity contribution in [1.29, 1.82) is 0 Å². The fraction of sp³-hybridized carbons (Fsp3) is 0.438. The highest BCUT2D eigenvalue weighted by atomic mass is 16.5. The predicted octanol–water partition coefficient (Wildman–Crippen LogP) is 2.77. The lowest BCUT2D eigenvalue weighted by Gasteiger charge is -2.36. The number of anilines is 3. The molecule has 0 saturated carbocycles. The summed E-state index contributed by atoms with van der Waals surface area (Å²) in [5.41, 5.74) is 6.03. The third-order valence-corrected chi connectivity index (χ3v) is 8.83. The second-order valence-corrected chi connectivity index (χ2v) is 11.8. The standard InChI is InChI=1S/C26H34N8O.C6H4N4/c1-31(2)21-8-11-33(12-9-21)26-29-23-22(25(30-26)32-13-15-35-16-14-32)27-18-28-24(23)34-10-7-19-5-3-4-6-20(19)17-34;1-5-6(10-3-7-1)2-8-4-9-5/h3-6,18,21H,7-17H2,1-2H3;1-4H. The maximum Gasteiger partial charge on any atom is 0.228 e. The van der Waals surface area contributed by atoms with E-state index in [4.69, 9.17) is 24.7 Å². The van der Waals surface area contributed by atoms with Crippen LogP contribution in [0.3, 0.4) is 0 Å². The van der Waals surface area contributed by atoms with Crippen LogP contribution >= 0.6 is 0 Å². The molecule has 8 rings (SSSR count). The van der Waals surface area contributed by atoms with Crippen molar-refractivity contribution in [2.24, 2.45) is 0 Å². The van der Waals surface area contributed by atoms with E-state index >= 15 is 0 Å². The summed E-state index contributed by atoms with van der Waals surface area (Å²) in [5.74, 6) is 2.61. The molecule has 0 N–H and O–H groups in total. The van der Waals surface area contributed by atoms with E-state index < -0.39 is 0 Å². The maximum atomic E-state index is 5.63. The minimum absolute atomic E-state index is 0.609. The molecular formula is C32H38N12O.